The molecule has 0 saturated heterocycles. The molecule has 1 aromatic heterocycles. The Morgan fingerprint density at radius 1 is 1.25 bits per heavy atom. The number of nitrogens with one attached hydrogen (secondary N) is 1. The lowest BCUT2D eigenvalue weighted by Gasteiger charge is -2.19. The smallest absolute Gasteiger partial charge is 0.174 e. The van der Waals surface area contributed by atoms with E-state index in [4.69, 9.17) is 4.42 Å². The third-order valence-electron chi connectivity index (χ3n) is 2.89. The molecule has 2 aromatic rings. The van der Waals surface area contributed by atoms with Crippen LogP contribution in [0.25, 0.3) is 0 Å². The third kappa shape index (κ3) is 3.07. The van der Waals surface area contributed by atoms with E-state index < -0.39 is 23.5 Å². The molecule has 0 spiro atoms. The van der Waals surface area contributed by atoms with Crippen LogP contribution in [0, 0.1) is 17.5 Å². The lowest BCUT2D eigenvalue weighted by molar-refractivity contribution is 0.478. The van der Waals surface area contributed by atoms with Gasteiger partial charge in [0.25, 0.3) is 0 Å². The van der Waals surface area contributed by atoms with Crippen molar-refractivity contribution in [1.82, 2.24) is 5.32 Å². The molecule has 6 heteroatoms. The Bertz CT molecular complexity index is 577. The highest BCUT2D eigenvalue weighted by molar-refractivity contribution is 9.10. The van der Waals surface area contributed by atoms with Crippen molar-refractivity contribution < 1.29 is 17.6 Å². The van der Waals surface area contributed by atoms with E-state index in [1.807, 2.05) is 6.92 Å². The van der Waals surface area contributed by atoms with E-state index in [0.29, 0.717) is 28.9 Å². The Morgan fingerprint density at radius 3 is 2.40 bits per heavy atom. The molecule has 1 unspecified atom stereocenters. The number of furan rings is 1. The normalized spacial score (nSPS) is 12.7. The lowest BCUT2D eigenvalue weighted by atomic mass is 9.99. The quantitative estimate of drug-likeness (QED) is 0.858. The average molecular weight is 348 g/mol. The van der Waals surface area contributed by atoms with Crippen LogP contribution in [0.15, 0.2) is 33.5 Å². The molecule has 2 nitrogen and oxygen atoms in total. The molecule has 1 N–H and O–H groups in total. The second-order valence-corrected chi connectivity index (χ2v) is 5.04. The van der Waals surface area contributed by atoms with Gasteiger partial charge >= 0.3 is 0 Å². The summed E-state index contributed by atoms with van der Waals surface area (Å²) >= 11 is 3.19. The first kappa shape index (κ1) is 15.1. The predicted molar refractivity (Wildman–Crippen MR) is 72.9 cm³/mol. The minimum Gasteiger partial charge on any atom is -0.457 e. The summed E-state index contributed by atoms with van der Waals surface area (Å²) in [5, 5.41) is 3.04. The zero-order valence-corrected chi connectivity index (χ0v) is 12.3. The first-order chi connectivity index (χ1) is 9.54. The van der Waals surface area contributed by atoms with E-state index in [-0.39, 0.29) is 5.56 Å². The Kier molecular flexibility index (Phi) is 4.88. The number of hydrogen-bond acceptors (Lipinski definition) is 2. The molecule has 0 radical (unpaired) electrons. The Morgan fingerprint density at radius 2 is 1.90 bits per heavy atom. The maximum Gasteiger partial charge on any atom is 0.174 e. The van der Waals surface area contributed by atoms with Gasteiger partial charge in [-0.05, 0) is 35.0 Å². The van der Waals surface area contributed by atoms with E-state index in [1.54, 1.807) is 6.07 Å². The summed E-state index contributed by atoms with van der Waals surface area (Å²) in [6.45, 7) is 2.49. The van der Waals surface area contributed by atoms with Crippen LogP contribution in [0.2, 0.25) is 0 Å². The van der Waals surface area contributed by atoms with Gasteiger partial charge in [0.15, 0.2) is 4.67 Å². The van der Waals surface area contributed by atoms with Gasteiger partial charge in [-0.25, -0.2) is 13.2 Å². The maximum atomic E-state index is 13.9. The molecular weight excluding hydrogens is 335 g/mol. The SMILES string of the molecule is CCCNC(c1ccoc1Br)c1c(F)cc(F)cc1F. The largest absolute Gasteiger partial charge is 0.457 e. The number of rotatable bonds is 5. The first-order valence-electron chi connectivity index (χ1n) is 6.15. The molecule has 0 saturated carbocycles. The molecule has 1 aromatic carbocycles. The van der Waals surface area contributed by atoms with E-state index in [2.05, 4.69) is 21.2 Å². The van der Waals surface area contributed by atoms with Crippen LogP contribution in [-0.4, -0.2) is 6.54 Å². The van der Waals surface area contributed by atoms with Crippen LogP contribution < -0.4 is 5.32 Å². The van der Waals surface area contributed by atoms with Crippen LogP contribution >= 0.6 is 15.9 Å². The zero-order chi connectivity index (χ0) is 14.7. The van der Waals surface area contributed by atoms with Crippen LogP contribution in [-0.2, 0) is 0 Å². The molecule has 20 heavy (non-hydrogen) atoms. The summed E-state index contributed by atoms with van der Waals surface area (Å²) < 4.78 is 46.4. The van der Waals surface area contributed by atoms with E-state index in [9.17, 15) is 13.2 Å². The molecule has 0 fully saturated rings. The molecule has 108 valence electrons. The fraction of sp³-hybridized carbons (Fsp3) is 0.286. The van der Waals surface area contributed by atoms with Crippen molar-refractivity contribution in [3.8, 4) is 0 Å². The summed E-state index contributed by atoms with van der Waals surface area (Å²) in [5.74, 6) is -2.79. The van der Waals surface area contributed by atoms with Gasteiger partial charge in [0.2, 0.25) is 0 Å². The topological polar surface area (TPSA) is 25.2 Å². The lowest BCUT2D eigenvalue weighted by Crippen LogP contribution is -2.25. The summed E-state index contributed by atoms with van der Waals surface area (Å²) in [6.07, 6.45) is 2.20. The Labute approximate surface area is 123 Å². The fourth-order valence-electron chi connectivity index (χ4n) is 2.00. The molecule has 0 bridgehead atoms. The van der Waals surface area contributed by atoms with Gasteiger partial charge in [-0.15, -0.1) is 0 Å². The Hall–Kier alpha value is -1.27. The third-order valence-corrected chi connectivity index (χ3v) is 3.53. The predicted octanol–water partition coefficient (Wildman–Crippen LogP) is 4.55. The van der Waals surface area contributed by atoms with Gasteiger partial charge in [0.05, 0.1) is 12.3 Å². The van der Waals surface area contributed by atoms with Gasteiger partial charge in [0.1, 0.15) is 17.5 Å². The van der Waals surface area contributed by atoms with Crippen LogP contribution in [0.4, 0.5) is 13.2 Å². The highest BCUT2D eigenvalue weighted by Gasteiger charge is 2.25. The van der Waals surface area contributed by atoms with E-state index >= 15 is 0 Å². The van der Waals surface area contributed by atoms with Crippen molar-refractivity contribution in [2.45, 2.75) is 19.4 Å². The highest BCUT2D eigenvalue weighted by atomic mass is 79.9. The van der Waals surface area contributed by atoms with Crippen LogP contribution in [0.1, 0.15) is 30.5 Å². The summed E-state index contributed by atoms with van der Waals surface area (Å²) in [7, 11) is 0. The summed E-state index contributed by atoms with van der Waals surface area (Å²) in [4.78, 5) is 0. The fourth-order valence-corrected chi connectivity index (χ4v) is 2.46. The Balaban J connectivity index is 2.50. The number of hydrogen-bond donors (Lipinski definition) is 1. The van der Waals surface area contributed by atoms with Gasteiger partial charge in [-0.1, -0.05) is 6.92 Å². The zero-order valence-electron chi connectivity index (χ0n) is 10.7. The second kappa shape index (κ2) is 6.45. The molecule has 0 aliphatic heterocycles. The van der Waals surface area contributed by atoms with Crippen molar-refractivity contribution in [2.24, 2.45) is 0 Å². The van der Waals surface area contributed by atoms with Crippen molar-refractivity contribution >= 4 is 15.9 Å². The average Bonchev–Trinajstić information content (AvgIpc) is 2.78. The highest BCUT2D eigenvalue weighted by Crippen LogP contribution is 2.32. The van der Waals surface area contributed by atoms with Gasteiger partial charge in [0, 0.05) is 23.3 Å². The molecule has 0 aliphatic rings. The van der Waals surface area contributed by atoms with E-state index in [1.165, 1.54) is 6.26 Å². The van der Waals surface area contributed by atoms with Gasteiger partial charge in [-0.2, -0.15) is 0 Å². The van der Waals surface area contributed by atoms with Crippen LogP contribution in [0.3, 0.4) is 0 Å². The monoisotopic (exact) mass is 347 g/mol. The number of benzene rings is 1. The van der Waals surface area contributed by atoms with E-state index in [0.717, 1.165) is 6.42 Å². The summed E-state index contributed by atoms with van der Waals surface area (Å²) in [5.41, 5.74) is 0.338. The molecule has 1 heterocycles. The second-order valence-electron chi connectivity index (χ2n) is 4.32. The van der Waals surface area contributed by atoms with Crippen molar-refractivity contribution in [2.75, 3.05) is 6.54 Å². The van der Waals surface area contributed by atoms with Crippen molar-refractivity contribution in [3.63, 3.8) is 0 Å². The molecule has 0 aliphatic carbocycles. The van der Waals surface area contributed by atoms with Gasteiger partial charge in [-0.3, -0.25) is 0 Å². The first-order valence-corrected chi connectivity index (χ1v) is 6.94. The minimum absolute atomic E-state index is 0.220. The summed E-state index contributed by atoms with van der Waals surface area (Å²) in [6, 6.07) is 2.21. The van der Waals surface area contributed by atoms with Crippen molar-refractivity contribution in [3.05, 3.63) is 57.7 Å². The minimum atomic E-state index is -0.941. The maximum absolute atomic E-state index is 13.9. The molecule has 2 rings (SSSR count). The number of halogens is 4. The standard InChI is InChI=1S/C14H13BrF3NO/c1-2-4-19-13(9-3-5-20-14(9)15)12-10(17)6-8(16)7-11(12)18/h3,5-7,13,19H,2,4H2,1H3. The molecule has 1 atom stereocenters. The van der Waals surface area contributed by atoms with Crippen molar-refractivity contribution in [1.29, 1.82) is 0 Å². The van der Waals surface area contributed by atoms with Gasteiger partial charge < -0.3 is 9.73 Å². The molecule has 0 amide bonds. The molecular formula is C14H13BrF3NO. The van der Waals surface area contributed by atoms with Crippen LogP contribution in [0.5, 0.6) is 0 Å².